The fourth-order valence-corrected chi connectivity index (χ4v) is 1.98. The summed E-state index contributed by atoms with van der Waals surface area (Å²) < 4.78 is 10.4. The molecule has 1 saturated carbocycles. The SMILES string of the molecule is O=C(NC1CCCC1)C1OCCCO1. The van der Waals surface area contributed by atoms with Crippen molar-refractivity contribution in [3.05, 3.63) is 0 Å². The number of ether oxygens (including phenoxy) is 2. The lowest BCUT2D eigenvalue weighted by Crippen LogP contribution is -2.44. The van der Waals surface area contributed by atoms with Gasteiger partial charge in [0.25, 0.3) is 5.91 Å². The van der Waals surface area contributed by atoms with E-state index >= 15 is 0 Å². The summed E-state index contributed by atoms with van der Waals surface area (Å²) in [4.78, 5) is 11.6. The molecule has 1 heterocycles. The van der Waals surface area contributed by atoms with Crippen molar-refractivity contribution in [2.75, 3.05) is 13.2 Å². The molecular formula is C10H17NO3. The molecule has 1 aliphatic heterocycles. The average Bonchev–Trinajstić information content (AvgIpc) is 2.72. The maximum Gasteiger partial charge on any atom is 0.277 e. The molecule has 0 aromatic carbocycles. The molecule has 2 rings (SSSR count). The van der Waals surface area contributed by atoms with Gasteiger partial charge in [-0.05, 0) is 19.3 Å². The van der Waals surface area contributed by atoms with Gasteiger partial charge in [-0.15, -0.1) is 0 Å². The summed E-state index contributed by atoms with van der Waals surface area (Å²) in [6.07, 6.45) is 4.85. The highest BCUT2D eigenvalue weighted by Crippen LogP contribution is 2.18. The van der Waals surface area contributed by atoms with Crippen molar-refractivity contribution in [2.45, 2.75) is 44.4 Å². The molecule has 0 bridgehead atoms. The Labute approximate surface area is 84.0 Å². The van der Waals surface area contributed by atoms with Crippen LogP contribution in [0.4, 0.5) is 0 Å². The summed E-state index contributed by atoms with van der Waals surface area (Å²) in [6.45, 7) is 1.26. The van der Waals surface area contributed by atoms with E-state index in [1.165, 1.54) is 12.8 Å². The number of carbonyl (C=O) groups excluding carboxylic acids is 1. The highest BCUT2D eigenvalue weighted by Gasteiger charge is 2.26. The van der Waals surface area contributed by atoms with E-state index in [0.29, 0.717) is 19.3 Å². The van der Waals surface area contributed by atoms with Crippen LogP contribution in [0.1, 0.15) is 32.1 Å². The van der Waals surface area contributed by atoms with Crippen LogP contribution in [0, 0.1) is 0 Å². The van der Waals surface area contributed by atoms with Crippen LogP contribution in [0.5, 0.6) is 0 Å². The van der Waals surface area contributed by atoms with Crippen LogP contribution >= 0.6 is 0 Å². The molecule has 1 saturated heterocycles. The average molecular weight is 199 g/mol. The predicted molar refractivity (Wildman–Crippen MR) is 50.7 cm³/mol. The number of nitrogens with one attached hydrogen (secondary N) is 1. The molecule has 0 spiro atoms. The predicted octanol–water partition coefficient (Wildman–Crippen LogP) is 0.808. The zero-order valence-corrected chi connectivity index (χ0v) is 8.33. The molecule has 2 aliphatic rings. The number of amides is 1. The largest absolute Gasteiger partial charge is 0.349 e. The zero-order chi connectivity index (χ0) is 9.80. The van der Waals surface area contributed by atoms with E-state index in [0.717, 1.165) is 19.3 Å². The Hall–Kier alpha value is -0.610. The fourth-order valence-electron chi connectivity index (χ4n) is 1.98. The van der Waals surface area contributed by atoms with Gasteiger partial charge in [-0.25, -0.2) is 0 Å². The zero-order valence-electron chi connectivity index (χ0n) is 8.33. The lowest BCUT2D eigenvalue weighted by Gasteiger charge is -2.23. The van der Waals surface area contributed by atoms with Gasteiger partial charge >= 0.3 is 0 Å². The second-order valence-electron chi connectivity index (χ2n) is 3.92. The van der Waals surface area contributed by atoms with Crippen LogP contribution in [-0.2, 0) is 14.3 Å². The Bertz CT molecular complexity index is 196. The maximum absolute atomic E-state index is 11.6. The minimum Gasteiger partial charge on any atom is -0.349 e. The molecule has 4 heteroatoms. The van der Waals surface area contributed by atoms with E-state index in [-0.39, 0.29) is 5.91 Å². The summed E-state index contributed by atoms with van der Waals surface area (Å²) in [7, 11) is 0. The molecule has 4 nitrogen and oxygen atoms in total. The molecule has 14 heavy (non-hydrogen) atoms. The van der Waals surface area contributed by atoms with E-state index in [4.69, 9.17) is 9.47 Å². The van der Waals surface area contributed by atoms with Crippen LogP contribution in [-0.4, -0.2) is 31.5 Å². The molecule has 0 aromatic heterocycles. The van der Waals surface area contributed by atoms with Crippen molar-refractivity contribution in [1.82, 2.24) is 5.32 Å². The molecule has 0 aromatic rings. The van der Waals surface area contributed by atoms with Crippen molar-refractivity contribution >= 4 is 5.91 Å². The van der Waals surface area contributed by atoms with Gasteiger partial charge in [0.2, 0.25) is 6.29 Å². The van der Waals surface area contributed by atoms with Gasteiger partial charge in [-0.1, -0.05) is 12.8 Å². The summed E-state index contributed by atoms with van der Waals surface area (Å²) in [6, 6.07) is 0.344. The summed E-state index contributed by atoms with van der Waals surface area (Å²) >= 11 is 0. The molecule has 0 unspecified atom stereocenters. The van der Waals surface area contributed by atoms with Gasteiger partial charge in [0, 0.05) is 6.04 Å². The molecular weight excluding hydrogens is 182 g/mol. The first kappa shape index (κ1) is 9.93. The van der Waals surface area contributed by atoms with E-state index < -0.39 is 6.29 Å². The third-order valence-corrected chi connectivity index (χ3v) is 2.74. The van der Waals surface area contributed by atoms with Crippen LogP contribution < -0.4 is 5.32 Å². The van der Waals surface area contributed by atoms with Crippen molar-refractivity contribution in [2.24, 2.45) is 0 Å². The smallest absolute Gasteiger partial charge is 0.277 e. The molecule has 2 fully saturated rings. The van der Waals surface area contributed by atoms with Gasteiger partial charge in [0.15, 0.2) is 0 Å². The second kappa shape index (κ2) is 4.75. The third kappa shape index (κ3) is 2.45. The van der Waals surface area contributed by atoms with Crippen LogP contribution in [0.15, 0.2) is 0 Å². The van der Waals surface area contributed by atoms with Crippen LogP contribution in [0.25, 0.3) is 0 Å². The van der Waals surface area contributed by atoms with Crippen LogP contribution in [0.2, 0.25) is 0 Å². The van der Waals surface area contributed by atoms with E-state index in [2.05, 4.69) is 5.32 Å². The molecule has 0 atom stereocenters. The van der Waals surface area contributed by atoms with Gasteiger partial charge in [0.1, 0.15) is 0 Å². The minimum atomic E-state index is -0.663. The van der Waals surface area contributed by atoms with Gasteiger partial charge in [0.05, 0.1) is 13.2 Å². The Kier molecular flexibility index (Phi) is 3.37. The van der Waals surface area contributed by atoms with Crippen molar-refractivity contribution in [1.29, 1.82) is 0 Å². The molecule has 1 N–H and O–H groups in total. The fraction of sp³-hybridized carbons (Fsp3) is 0.900. The van der Waals surface area contributed by atoms with Crippen molar-refractivity contribution in [3.8, 4) is 0 Å². The Morgan fingerprint density at radius 3 is 2.36 bits per heavy atom. The molecule has 80 valence electrons. The highest BCUT2D eigenvalue weighted by atomic mass is 16.7. The molecule has 0 radical (unpaired) electrons. The number of carbonyl (C=O) groups is 1. The number of hydrogen-bond donors (Lipinski definition) is 1. The Morgan fingerprint density at radius 2 is 1.71 bits per heavy atom. The van der Waals surface area contributed by atoms with Gasteiger partial charge in [-0.3, -0.25) is 4.79 Å². The minimum absolute atomic E-state index is 0.100. The first-order chi connectivity index (χ1) is 6.86. The second-order valence-corrected chi connectivity index (χ2v) is 3.92. The van der Waals surface area contributed by atoms with E-state index in [9.17, 15) is 4.79 Å². The molecule has 1 amide bonds. The van der Waals surface area contributed by atoms with Crippen molar-refractivity contribution in [3.63, 3.8) is 0 Å². The molecule has 1 aliphatic carbocycles. The summed E-state index contributed by atoms with van der Waals surface area (Å²) in [5.41, 5.74) is 0. The highest BCUT2D eigenvalue weighted by molar-refractivity contribution is 5.79. The monoisotopic (exact) mass is 199 g/mol. The Morgan fingerprint density at radius 1 is 1.07 bits per heavy atom. The maximum atomic E-state index is 11.6. The van der Waals surface area contributed by atoms with Crippen LogP contribution in [0.3, 0.4) is 0 Å². The third-order valence-electron chi connectivity index (χ3n) is 2.74. The lowest BCUT2D eigenvalue weighted by atomic mass is 10.2. The first-order valence-corrected chi connectivity index (χ1v) is 5.40. The lowest BCUT2D eigenvalue weighted by molar-refractivity contribution is -0.190. The summed E-state index contributed by atoms with van der Waals surface area (Å²) in [5.74, 6) is -0.100. The topological polar surface area (TPSA) is 47.6 Å². The number of rotatable bonds is 2. The Balaban J connectivity index is 1.75. The number of hydrogen-bond acceptors (Lipinski definition) is 3. The summed E-state index contributed by atoms with van der Waals surface area (Å²) in [5, 5.41) is 2.96. The first-order valence-electron chi connectivity index (χ1n) is 5.40. The van der Waals surface area contributed by atoms with E-state index in [1.807, 2.05) is 0 Å². The van der Waals surface area contributed by atoms with Gasteiger partial charge < -0.3 is 14.8 Å². The standard InChI is InChI=1S/C10H17NO3/c12-9(10-13-6-3-7-14-10)11-8-4-1-2-5-8/h8,10H,1-7H2,(H,11,12). The van der Waals surface area contributed by atoms with E-state index in [1.54, 1.807) is 0 Å². The van der Waals surface area contributed by atoms with Crippen molar-refractivity contribution < 1.29 is 14.3 Å². The normalized spacial score (nSPS) is 25.1. The van der Waals surface area contributed by atoms with Gasteiger partial charge in [-0.2, -0.15) is 0 Å². The quantitative estimate of drug-likeness (QED) is 0.716.